The molecule has 0 fully saturated rings. The Hall–Kier alpha value is -2.40. The number of carbonyl (C=O) groups is 2. The average molecular weight is 290 g/mol. The van der Waals surface area contributed by atoms with Gasteiger partial charge in [-0.3, -0.25) is 14.6 Å². The third kappa shape index (κ3) is 3.13. The second-order valence-corrected chi connectivity index (χ2v) is 4.61. The number of aromatic nitrogens is 1. The molecule has 102 valence electrons. The smallest absolute Gasteiger partial charge is 0.258 e. The molecule has 0 aliphatic rings. The van der Waals surface area contributed by atoms with Crippen molar-refractivity contribution >= 4 is 29.1 Å². The van der Waals surface area contributed by atoms with Crippen molar-refractivity contribution in [1.29, 1.82) is 0 Å². The van der Waals surface area contributed by atoms with Crippen LogP contribution in [-0.2, 0) is 0 Å². The normalized spacial score (nSPS) is 10.1. The number of hydrogen-bond acceptors (Lipinski definition) is 3. The first-order valence-electron chi connectivity index (χ1n) is 5.81. The minimum atomic E-state index is -0.559. The molecule has 2 aromatic rings. The van der Waals surface area contributed by atoms with E-state index in [4.69, 9.17) is 17.3 Å². The quantitative estimate of drug-likeness (QED) is 0.910. The number of anilines is 1. The monoisotopic (exact) mass is 289 g/mol. The van der Waals surface area contributed by atoms with Gasteiger partial charge in [-0.05, 0) is 31.2 Å². The van der Waals surface area contributed by atoms with Crippen LogP contribution in [-0.4, -0.2) is 16.8 Å². The van der Waals surface area contributed by atoms with Gasteiger partial charge < -0.3 is 11.1 Å². The summed E-state index contributed by atoms with van der Waals surface area (Å²) in [5.74, 6) is -0.958. The number of primary amides is 1. The van der Waals surface area contributed by atoms with E-state index in [1.165, 1.54) is 12.3 Å². The number of nitrogens with two attached hydrogens (primary N) is 1. The van der Waals surface area contributed by atoms with E-state index in [1.54, 1.807) is 31.2 Å². The highest BCUT2D eigenvalue weighted by Gasteiger charge is 2.12. The van der Waals surface area contributed by atoms with Gasteiger partial charge in [0.2, 0.25) is 5.91 Å². The van der Waals surface area contributed by atoms with Crippen LogP contribution in [0.5, 0.6) is 0 Å². The van der Waals surface area contributed by atoms with E-state index in [-0.39, 0.29) is 5.56 Å². The molecule has 1 aromatic heterocycles. The molecule has 0 saturated heterocycles. The van der Waals surface area contributed by atoms with Gasteiger partial charge in [-0.25, -0.2) is 0 Å². The van der Waals surface area contributed by atoms with Crippen LogP contribution in [0.1, 0.15) is 26.4 Å². The molecule has 0 radical (unpaired) electrons. The number of aryl methyl sites for hydroxylation is 1. The van der Waals surface area contributed by atoms with Gasteiger partial charge in [0.1, 0.15) is 0 Å². The van der Waals surface area contributed by atoms with Gasteiger partial charge in [0.25, 0.3) is 5.91 Å². The van der Waals surface area contributed by atoms with Gasteiger partial charge in [0, 0.05) is 23.1 Å². The Kier molecular flexibility index (Phi) is 4.00. The minimum absolute atomic E-state index is 0.266. The summed E-state index contributed by atoms with van der Waals surface area (Å²) in [5.41, 5.74) is 6.95. The number of halogens is 1. The number of nitrogens with zero attached hydrogens (tertiary/aromatic N) is 1. The molecule has 0 unspecified atom stereocenters. The zero-order valence-electron chi connectivity index (χ0n) is 10.7. The number of benzene rings is 1. The molecule has 20 heavy (non-hydrogen) atoms. The summed E-state index contributed by atoms with van der Waals surface area (Å²) in [6, 6.07) is 7.95. The molecular formula is C14H12ClN3O2. The molecule has 0 atom stereocenters. The lowest BCUT2D eigenvalue weighted by Crippen LogP contribution is -2.15. The molecule has 1 aromatic carbocycles. The molecule has 0 aliphatic heterocycles. The van der Waals surface area contributed by atoms with Crippen molar-refractivity contribution in [3.05, 3.63) is 58.4 Å². The lowest BCUT2D eigenvalue weighted by atomic mass is 10.2. The number of rotatable bonds is 3. The molecule has 0 bridgehead atoms. The summed E-state index contributed by atoms with van der Waals surface area (Å²) in [4.78, 5) is 27.2. The number of nitrogens with one attached hydrogen (secondary N) is 1. The van der Waals surface area contributed by atoms with Gasteiger partial charge in [0.05, 0.1) is 10.6 Å². The molecule has 5 nitrogen and oxygen atoms in total. The van der Waals surface area contributed by atoms with E-state index in [1.807, 2.05) is 0 Å². The molecule has 2 amide bonds. The van der Waals surface area contributed by atoms with Crippen LogP contribution in [0.25, 0.3) is 0 Å². The van der Waals surface area contributed by atoms with Gasteiger partial charge in [0.15, 0.2) is 0 Å². The summed E-state index contributed by atoms with van der Waals surface area (Å²) in [5, 5.41) is 2.96. The van der Waals surface area contributed by atoms with Crippen LogP contribution in [0, 0.1) is 6.92 Å². The predicted octanol–water partition coefficient (Wildman–Crippen LogP) is 2.39. The third-order valence-electron chi connectivity index (χ3n) is 2.64. The standard InChI is InChI=1S/C14H12ClN3O2/c1-8-5-12(15)11(7-17-8)14(20)18-10-4-2-3-9(6-10)13(16)19/h2-7H,1H3,(H2,16,19)(H,18,20). The Morgan fingerprint density at radius 1 is 1.30 bits per heavy atom. The Balaban J connectivity index is 2.23. The molecular weight excluding hydrogens is 278 g/mol. The largest absolute Gasteiger partial charge is 0.366 e. The van der Waals surface area contributed by atoms with Gasteiger partial charge in [-0.2, -0.15) is 0 Å². The summed E-state index contributed by atoms with van der Waals surface area (Å²) < 4.78 is 0. The molecule has 0 aliphatic carbocycles. The zero-order chi connectivity index (χ0) is 14.7. The molecule has 1 heterocycles. The Morgan fingerprint density at radius 2 is 2.05 bits per heavy atom. The second kappa shape index (κ2) is 5.71. The van der Waals surface area contributed by atoms with Crippen molar-refractivity contribution in [2.45, 2.75) is 6.92 Å². The third-order valence-corrected chi connectivity index (χ3v) is 2.95. The maximum atomic E-state index is 12.1. The van der Waals surface area contributed by atoms with Gasteiger partial charge >= 0.3 is 0 Å². The Morgan fingerprint density at radius 3 is 2.70 bits per heavy atom. The minimum Gasteiger partial charge on any atom is -0.366 e. The maximum absolute atomic E-state index is 12.1. The molecule has 3 N–H and O–H groups in total. The highest BCUT2D eigenvalue weighted by molar-refractivity contribution is 6.34. The van der Waals surface area contributed by atoms with Crippen LogP contribution in [0.2, 0.25) is 5.02 Å². The highest BCUT2D eigenvalue weighted by Crippen LogP contribution is 2.18. The summed E-state index contributed by atoms with van der Waals surface area (Å²) in [6.07, 6.45) is 1.41. The number of amides is 2. The van der Waals surface area contributed by atoms with Crippen LogP contribution >= 0.6 is 11.6 Å². The van der Waals surface area contributed by atoms with Crippen molar-refractivity contribution in [3.63, 3.8) is 0 Å². The number of hydrogen-bond donors (Lipinski definition) is 2. The maximum Gasteiger partial charge on any atom is 0.258 e. The second-order valence-electron chi connectivity index (χ2n) is 4.20. The average Bonchev–Trinajstić information content (AvgIpc) is 2.38. The van der Waals surface area contributed by atoms with Crippen molar-refractivity contribution in [2.75, 3.05) is 5.32 Å². The fourth-order valence-corrected chi connectivity index (χ4v) is 1.93. The predicted molar refractivity (Wildman–Crippen MR) is 76.9 cm³/mol. The zero-order valence-corrected chi connectivity index (χ0v) is 11.4. The highest BCUT2D eigenvalue weighted by atomic mass is 35.5. The molecule has 6 heteroatoms. The summed E-state index contributed by atoms with van der Waals surface area (Å²) in [7, 11) is 0. The molecule has 0 spiro atoms. The van der Waals surface area contributed by atoms with E-state index >= 15 is 0 Å². The van der Waals surface area contributed by atoms with E-state index < -0.39 is 11.8 Å². The van der Waals surface area contributed by atoms with Crippen LogP contribution in [0.15, 0.2) is 36.5 Å². The van der Waals surface area contributed by atoms with E-state index in [9.17, 15) is 9.59 Å². The fourth-order valence-electron chi connectivity index (χ4n) is 1.64. The first kappa shape index (κ1) is 14.0. The summed E-state index contributed by atoms with van der Waals surface area (Å²) >= 11 is 6.00. The SMILES string of the molecule is Cc1cc(Cl)c(C(=O)Nc2cccc(C(N)=O)c2)cn1. The van der Waals surface area contributed by atoms with E-state index in [0.717, 1.165) is 5.69 Å². The number of carbonyl (C=O) groups excluding carboxylic acids is 2. The van der Waals surface area contributed by atoms with Crippen LogP contribution < -0.4 is 11.1 Å². The molecule has 0 saturated carbocycles. The van der Waals surface area contributed by atoms with E-state index in [2.05, 4.69) is 10.3 Å². The van der Waals surface area contributed by atoms with E-state index in [0.29, 0.717) is 16.3 Å². The van der Waals surface area contributed by atoms with Crippen LogP contribution in [0.3, 0.4) is 0 Å². The van der Waals surface area contributed by atoms with Gasteiger partial charge in [-0.1, -0.05) is 17.7 Å². The van der Waals surface area contributed by atoms with Crippen LogP contribution in [0.4, 0.5) is 5.69 Å². The lowest BCUT2D eigenvalue weighted by molar-refractivity contribution is 0.0996. The fraction of sp³-hybridized carbons (Fsp3) is 0.0714. The van der Waals surface area contributed by atoms with Crippen molar-refractivity contribution in [2.24, 2.45) is 5.73 Å². The first-order chi connectivity index (χ1) is 9.47. The van der Waals surface area contributed by atoms with Crippen molar-refractivity contribution < 1.29 is 9.59 Å². The van der Waals surface area contributed by atoms with Crippen molar-refractivity contribution in [3.8, 4) is 0 Å². The van der Waals surface area contributed by atoms with Gasteiger partial charge in [-0.15, -0.1) is 0 Å². The van der Waals surface area contributed by atoms with Crippen molar-refractivity contribution in [1.82, 2.24) is 4.98 Å². The Labute approximate surface area is 120 Å². The summed E-state index contributed by atoms with van der Waals surface area (Å²) in [6.45, 7) is 1.78. The number of pyridine rings is 1. The lowest BCUT2D eigenvalue weighted by Gasteiger charge is -2.07. The molecule has 2 rings (SSSR count). The first-order valence-corrected chi connectivity index (χ1v) is 6.18. The Bertz CT molecular complexity index is 686. The topological polar surface area (TPSA) is 85.1 Å².